The van der Waals surface area contributed by atoms with E-state index in [0.717, 1.165) is 28.7 Å². The topological polar surface area (TPSA) is 83.1 Å². The summed E-state index contributed by atoms with van der Waals surface area (Å²) in [6.07, 6.45) is 3.32. The van der Waals surface area contributed by atoms with Crippen molar-refractivity contribution < 1.29 is 28.5 Å². The highest BCUT2D eigenvalue weighted by molar-refractivity contribution is 6.08. The summed E-state index contributed by atoms with van der Waals surface area (Å²) >= 11 is 0. The molecule has 1 amide bonds. The molecule has 1 N–H and O–H groups in total. The molecular weight excluding hydrogens is 362 g/mol. The van der Waals surface area contributed by atoms with Crippen LogP contribution in [0, 0.1) is 11.8 Å². The molecule has 28 heavy (non-hydrogen) atoms. The van der Waals surface area contributed by atoms with Gasteiger partial charge in [-0.1, -0.05) is 0 Å². The number of hydrogen-bond donors (Lipinski definition) is 1. The predicted molar refractivity (Wildman–Crippen MR) is 99.0 cm³/mol. The van der Waals surface area contributed by atoms with E-state index in [2.05, 4.69) is 5.32 Å². The molecule has 1 aromatic carbocycles. The van der Waals surface area contributed by atoms with Gasteiger partial charge in [0, 0.05) is 18.4 Å². The van der Waals surface area contributed by atoms with Gasteiger partial charge < -0.3 is 24.3 Å². The lowest BCUT2D eigenvalue weighted by molar-refractivity contribution is -0.122. The van der Waals surface area contributed by atoms with Gasteiger partial charge in [0.2, 0.25) is 24.2 Å². The number of amides is 1. The zero-order valence-electron chi connectivity index (χ0n) is 16.0. The number of carbonyl (C=O) groups is 2. The average Bonchev–Trinajstić information content (AvgIpc) is 3.18. The highest BCUT2D eigenvalue weighted by Gasteiger charge is 2.54. The lowest BCUT2D eigenvalue weighted by Crippen LogP contribution is -2.44. The van der Waals surface area contributed by atoms with E-state index in [1.807, 2.05) is 12.1 Å². The van der Waals surface area contributed by atoms with Crippen LogP contribution in [0.1, 0.15) is 24.5 Å². The van der Waals surface area contributed by atoms with Crippen LogP contribution in [0.4, 0.5) is 0 Å². The highest BCUT2D eigenvalue weighted by Crippen LogP contribution is 2.60. The van der Waals surface area contributed by atoms with Crippen LogP contribution in [0.3, 0.4) is 0 Å². The van der Waals surface area contributed by atoms with Gasteiger partial charge in [0.1, 0.15) is 0 Å². The van der Waals surface area contributed by atoms with Crippen molar-refractivity contribution in [3.8, 4) is 17.2 Å². The minimum Gasteiger partial charge on any atom is -0.493 e. The van der Waals surface area contributed by atoms with Gasteiger partial charge in [0.25, 0.3) is 0 Å². The summed E-state index contributed by atoms with van der Waals surface area (Å²) in [6, 6.07) is 1.79. The molecule has 0 spiro atoms. The summed E-state index contributed by atoms with van der Waals surface area (Å²) in [7, 11) is 3.12. The van der Waals surface area contributed by atoms with E-state index >= 15 is 0 Å². The van der Waals surface area contributed by atoms with E-state index in [1.54, 1.807) is 7.11 Å². The van der Waals surface area contributed by atoms with Gasteiger partial charge in [0.15, 0.2) is 17.3 Å². The number of benzene rings is 1. The van der Waals surface area contributed by atoms with Crippen molar-refractivity contribution in [2.75, 3.05) is 21.0 Å². The molecule has 7 heteroatoms. The maximum absolute atomic E-state index is 12.8. The number of nitrogens with one attached hydrogen (secondary N) is 1. The second kappa shape index (κ2) is 6.02. The maximum Gasteiger partial charge on any atom is 0.231 e. The van der Waals surface area contributed by atoms with Crippen LogP contribution in [-0.4, -0.2) is 38.7 Å². The van der Waals surface area contributed by atoms with Crippen LogP contribution in [0.15, 0.2) is 23.5 Å². The molecule has 3 aliphatic carbocycles. The fourth-order valence-corrected chi connectivity index (χ4v) is 4.99. The molecule has 1 aromatic rings. The quantitative estimate of drug-likeness (QED) is 0.860. The van der Waals surface area contributed by atoms with E-state index in [9.17, 15) is 9.59 Å². The number of ether oxygens (including phenoxy) is 4. The highest BCUT2D eigenvalue weighted by atomic mass is 16.7. The zero-order chi connectivity index (χ0) is 19.6. The Morgan fingerprint density at radius 1 is 1.25 bits per heavy atom. The molecule has 1 aliphatic heterocycles. The first-order valence-corrected chi connectivity index (χ1v) is 9.36. The molecule has 0 saturated carbocycles. The number of Topliss-reactive ketones (excluding diaryl/α,β-unsaturated/α-hetero) is 1. The first-order valence-electron chi connectivity index (χ1n) is 9.36. The lowest BCUT2D eigenvalue weighted by Gasteiger charge is -2.40. The number of hydrogen-bond acceptors (Lipinski definition) is 6. The fourth-order valence-electron chi connectivity index (χ4n) is 4.99. The van der Waals surface area contributed by atoms with Crippen LogP contribution in [0.25, 0.3) is 5.57 Å². The van der Waals surface area contributed by atoms with Gasteiger partial charge in [0.05, 0.1) is 26.2 Å². The molecule has 4 aliphatic rings. The minimum absolute atomic E-state index is 0.0234. The molecule has 0 radical (unpaired) electrons. The molecule has 7 nitrogen and oxygen atoms in total. The second-order valence-corrected chi connectivity index (χ2v) is 7.44. The Labute approximate surface area is 162 Å². The van der Waals surface area contributed by atoms with Crippen molar-refractivity contribution in [1.29, 1.82) is 0 Å². The number of aryl methyl sites for hydroxylation is 1. The summed E-state index contributed by atoms with van der Waals surface area (Å²) in [5.41, 5.74) is 4.03. The zero-order valence-corrected chi connectivity index (χ0v) is 16.0. The number of carbonyl (C=O) groups excluding carboxylic acids is 2. The first kappa shape index (κ1) is 17.2. The van der Waals surface area contributed by atoms with E-state index in [4.69, 9.17) is 18.9 Å². The van der Waals surface area contributed by atoms with Crippen LogP contribution in [0.5, 0.6) is 17.2 Å². The van der Waals surface area contributed by atoms with Gasteiger partial charge in [-0.05, 0) is 41.7 Å². The Morgan fingerprint density at radius 3 is 2.79 bits per heavy atom. The second-order valence-electron chi connectivity index (χ2n) is 7.44. The fraction of sp³-hybridized carbons (Fsp3) is 0.429. The number of ketones is 1. The molecule has 0 aromatic heterocycles. The molecule has 0 saturated heterocycles. The minimum atomic E-state index is -0.289. The molecule has 0 fully saturated rings. The average molecular weight is 383 g/mol. The molecule has 3 atom stereocenters. The van der Waals surface area contributed by atoms with Crippen molar-refractivity contribution in [2.45, 2.75) is 25.8 Å². The van der Waals surface area contributed by atoms with Gasteiger partial charge in [-0.3, -0.25) is 9.59 Å². The molecule has 0 bridgehead atoms. The van der Waals surface area contributed by atoms with Crippen molar-refractivity contribution in [1.82, 2.24) is 5.32 Å². The predicted octanol–water partition coefficient (Wildman–Crippen LogP) is 1.99. The van der Waals surface area contributed by atoms with Crippen LogP contribution >= 0.6 is 0 Å². The van der Waals surface area contributed by atoms with E-state index in [1.165, 1.54) is 14.0 Å². The monoisotopic (exact) mass is 383 g/mol. The van der Waals surface area contributed by atoms with Crippen LogP contribution in [-0.2, 0) is 20.7 Å². The summed E-state index contributed by atoms with van der Waals surface area (Å²) in [5.74, 6) is 1.76. The maximum atomic E-state index is 12.8. The summed E-state index contributed by atoms with van der Waals surface area (Å²) < 4.78 is 22.3. The number of methoxy groups -OCH3 is 2. The Hall–Kier alpha value is -2.96. The Morgan fingerprint density at radius 2 is 2.07 bits per heavy atom. The number of allylic oxidation sites excluding steroid dienone is 3. The Kier molecular flexibility index (Phi) is 3.69. The third-order valence-corrected chi connectivity index (χ3v) is 6.04. The third-order valence-electron chi connectivity index (χ3n) is 6.04. The van der Waals surface area contributed by atoms with Gasteiger partial charge in [-0.2, -0.15) is 0 Å². The van der Waals surface area contributed by atoms with E-state index in [0.29, 0.717) is 29.4 Å². The van der Waals surface area contributed by atoms with Gasteiger partial charge in [-0.15, -0.1) is 0 Å². The number of fused-ring (bicyclic) bond motifs is 6. The molecule has 146 valence electrons. The van der Waals surface area contributed by atoms with E-state index in [-0.39, 0.29) is 36.4 Å². The van der Waals surface area contributed by atoms with Gasteiger partial charge >= 0.3 is 0 Å². The summed E-state index contributed by atoms with van der Waals surface area (Å²) in [4.78, 5) is 24.7. The molecule has 3 unspecified atom stereocenters. The van der Waals surface area contributed by atoms with Crippen molar-refractivity contribution in [2.24, 2.45) is 11.8 Å². The standard InChI is InChI=1S/C21H21NO6/c1-9(23)22-12-5-4-10-6-14-20(28-8-27-14)21(26-3)15(10)16-11-7-13(25-2)19(24)17(11)18(12)16/h6-7,11-12,17H,4-5,8H2,1-3H3,(H,22,23). The van der Waals surface area contributed by atoms with Crippen LogP contribution in [0.2, 0.25) is 0 Å². The smallest absolute Gasteiger partial charge is 0.231 e. The summed E-state index contributed by atoms with van der Waals surface area (Å²) in [5, 5.41) is 3.03. The van der Waals surface area contributed by atoms with Crippen molar-refractivity contribution in [3.63, 3.8) is 0 Å². The normalized spacial score (nSPS) is 26.5. The molecule has 5 rings (SSSR count). The number of rotatable bonds is 3. The van der Waals surface area contributed by atoms with Crippen molar-refractivity contribution >= 4 is 17.3 Å². The first-order chi connectivity index (χ1) is 13.5. The summed E-state index contributed by atoms with van der Waals surface area (Å²) in [6.45, 7) is 1.66. The van der Waals surface area contributed by atoms with E-state index < -0.39 is 0 Å². The molecular formula is C21H21NO6. The lowest BCUT2D eigenvalue weighted by atomic mass is 9.64. The molecule has 1 heterocycles. The Bertz CT molecular complexity index is 976. The Balaban J connectivity index is 1.73. The third kappa shape index (κ3) is 2.16. The van der Waals surface area contributed by atoms with Gasteiger partial charge in [-0.25, -0.2) is 0 Å². The largest absolute Gasteiger partial charge is 0.493 e. The van der Waals surface area contributed by atoms with Crippen molar-refractivity contribution in [3.05, 3.63) is 34.6 Å². The SMILES string of the molecule is COC1=CC2C3=C(C(NC(C)=O)CCc4cc5c(c(OC)c43)OCO5)C2C1=O. The van der Waals surface area contributed by atoms with Crippen LogP contribution < -0.4 is 19.5 Å².